The molecule has 0 saturated heterocycles. The van der Waals surface area contributed by atoms with Gasteiger partial charge in [0.25, 0.3) is 0 Å². The third-order valence-corrected chi connectivity index (χ3v) is 3.90. The minimum atomic E-state index is -0.503. The van der Waals surface area contributed by atoms with E-state index in [0.29, 0.717) is 5.56 Å². The van der Waals surface area contributed by atoms with Crippen LogP contribution in [0.1, 0.15) is 28.3 Å². The van der Waals surface area contributed by atoms with Crippen molar-refractivity contribution in [3.8, 4) is 5.75 Å². The van der Waals surface area contributed by atoms with E-state index in [4.69, 9.17) is 10.5 Å². The van der Waals surface area contributed by atoms with E-state index in [1.54, 1.807) is 19.2 Å². The molecule has 0 aliphatic heterocycles. The van der Waals surface area contributed by atoms with Crippen molar-refractivity contribution < 1.29 is 9.13 Å². The fraction of sp³-hybridized carbons (Fsp3) is 0.250. The average molecular weight is 338 g/mol. The normalized spacial score (nSPS) is 12.3. The molecule has 0 amide bonds. The summed E-state index contributed by atoms with van der Waals surface area (Å²) in [5.41, 5.74) is 9.60. The molecule has 0 bridgehead atoms. The van der Waals surface area contributed by atoms with Crippen LogP contribution in [-0.2, 0) is 0 Å². The molecule has 20 heavy (non-hydrogen) atoms. The molecule has 0 aromatic heterocycles. The third-order valence-electron chi connectivity index (χ3n) is 3.41. The fourth-order valence-electron chi connectivity index (χ4n) is 2.29. The Balaban J connectivity index is 2.50. The lowest BCUT2D eigenvalue weighted by atomic mass is 9.93. The zero-order valence-electron chi connectivity index (χ0n) is 11.7. The van der Waals surface area contributed by atoms with Crippen molar-refractivity contribution in [1.82, 2.24) is 0 Å². The highest BCUT2D eigenvalue weighted by Gasteiger charge is 2.17. The molecule has 0 saturated carbocycles. The molecule has 2 aromatic carbocycles. The topological polar surface area (TPSA) is 35.2 Å². The van der Waals surface area contributed by atoms with E-state index in [1.165, 1.54) is 6.07 Å². The lowest BCUT2D eigenvalue weighted by molar-refractivity contribution is 0.411. The summed E-state index contributed by atoms with van der Waals surface area (Å²) >= 11 is 3.35. The zero-order valence-corrected chi connectivity index (χ0v) is 13.3. The number of aryl methyl sites for hydroxylation is 2. The van der Waals surface area contributed by atoms with Crippen LogP contribution in [0.2, 0.25) is 0 Å². The molecule has 2 aromatic rings. The monoisotopic (exact) mass is 337 g/mol. The van der Waals surface area contributed by atoms with E-state index in [-0.39, 0.29) is 5.82 Å². The van der Waals surface area contributed by atoms with Gasteiger partial charge >= 0.3 is 0 Å². The maximum absolute atomic E-state index is 14.0. The van der Waals surface area contributed by atoms with Gasteiger partial charge in [-0.1, -0.05) is 22.0 Å². The maximum atomic E-state index is 14.0. The number of rotatable bonds is 3. The van der Waals surface area contributed by atoms with Crippen LogP contribution in [0.5, 0.6) is 5.75 Å². The first-order valence-corrected chi connectivity index (χ1v) is 7.09. The van der Waals surface area contributed by atoms with Gasteiger partial charge in [-0.15, -0.1) is 0 Å². The minimum Gasteiger partial charge on any atom is -0.496 e. The average Bonchev–Trinajstić information content (AvgIpc) is 2.42. The van der Waals surface area contributed by atoms with Crippen molar-refractivity contribution in [2.45, 2.75) is 19.9 Å². The molecular weight excluding hydrogens is 321 g/mol. The fourth-order valence-corrected chi connectivity index (χ4v) is 2.67. The molecule has 0 aliphatic carbocycles. The summed E-state index contributed by atoms with van der Waals surface area (Å²) < 4.78 is 20.1. The SMILES string of the molecule is COc1cc(C)c(C(N)c2cc(Br)ccc2F)cc1C. The summed E-state index contributed by atoms with van der Waals surface area (Å²) in [5, 5.41) is 0. The lowest BCUT2D eigenvalue weighted by Gasteiger charge is -2.18. The molecule has 1 unspecified atom stereocenters. The van der Waals surface area contributed by atoms with Crippen LogP contribution in [0.3, 0.4) is 0 Å². The molecule has 0 heterocycles. The zero-order chi connectivity index (χ0) is 14.9. The summed E-state index contributed by atoms with van der Waals surface area (Å²) in [4.78, 5) is 0. The summed E-state index contributed by atoms with van der Waals surface area (Å²) in [6, 6.07) is 8.19. The molecule has 106 valence electrons. The van der Waals surface area contributed by atoms with Crippen molar-refractivity contribution in [2.24, 2.45) is 5.73 Å². The van der Waals surface area contributed by atoms with Gasteiger partial charge in [0.05, 0.1) is 13.2 Å². The van der Waals surface area contributed by atoms with Gasteiger partial charge in [-0.05, 0) is 54.8 Å². The van der Waals surface area contributed by atoms with Gasteiger partial charge in [0.15, 0.2) is 0 Å². The first kappa shape index (κ1) is 15.0. The largest absolute Gasteiger partial charge is 0.496 e. The molecule has 1 atom stereocenters. The van der Waals surface area contributed by atoms with Crippen molar-refractivity contribution >= 4 is 15.9 Å². The van der Waals surface area contributed by atoms with E-state index >= 15 is 0 Å². The molecule has 2 nitrogen and oxygen atoms in total. The van der Waals surface area contributed by atoms with Crippen LogP contribution in [0, 0.1) is 19.7 Å². The number of halogens is 2. The standard InChI is InChI=1S/C16H17BrFNO/c1-9-7-15(20-3)10(2)6-12(9)16(19)13-8-11(17)4-5-14(13)18/h4-8,16H,19H2,1-3H3. The summed E-state index contributed by atoms with van der Waals surface area (Å²) in [6.07, 6.45) is 0. The van der Waals surface area contributed by atoms with Crippen molar-refractivity contribution in [2.75, 3.05) is 7.11 Å². The maximum Gasteiger partial charge on any atom is 0.128 e. The van der Waals surface area contributed by atoms with Crippen LogP contribution in [0.4, 0.5) is 4.39 Å². The molecule has 0 aliphatic rings. The molecule has 4 heteroatoms. The number of benzene rings is 2. The van der Waals surface area contributed by atoms with Gasteiger partial charge in [0, 0.05) is 10.0 Å². The predicted molar refractivity (Wildman–Crippen MR) is 82.6 cm³/mol. The van der Waals surface area contributed by atoms with E-state index in [0.717, 1.165) is 26.9 Å². The number of hydrogen-bond donors (Lipinski definition) is 1. The Morgan fingerprint density at radius 1 is 1.10 bits per heavy atom. The summed E-state index contributed by atoms with van der Waals surface area (Å²) in [6.45, 7) is 3.90. The van der Waals surface area contributed by atoms with Crippen LogP contribution in [0.25, 0.3) is 0 Å². The summed E-state index contributed by atoms with van der Waals surface area (Å²) in [5.74, 6) is 0.515. The Morgan fingerprint density at radius 3 is 2.45 bits per heavy atom. The van der Waals surface area contributed by atoms with Gasteiger partial charge in [-0.3, -0.25) is 0 Å². The molecule has 0 radical (unpaired) electrons. The second-order valence-corrected chi connectivity index (χ2v) is 5.74. The number of hydrogen-bond acceptors (Lipinski definition) is 2. The Morgan fingerprint density at radius 2 is 1.80 bits per heavy atom. The lowest BCUT2D eigenvalue weighted by Crippen LogP contribution is -2.15. The Hall–Kier alpha value is -1.39. The van der Waals surface area contributed by atoms with E-state index in [2.05, 4.69) is 15.9 Å². The molecular formula is C16H17BrFNO. The highest BCUT2D eigenvalue weighted by atomic mass is 79.9. The highest BCUT2D eigenvalue weighted by molar-refractivity contribution is 9.10. The Labute approximate surface area is 126 Å². The highest BCUT2D eigenvalue weighted by Crippen LogP contribution is 2.31. The molecule has 0 spiro atoms. The van der Waals surface area contributed by atoms with E-state index in [9.17, 15) is 4.39 Å². The quantitative estimate of drug-likeness (QED) is 0.907. The smallest absolute Gasteiger partial charge is 0.128 e. The second kappa shape index (κ2) is 5.94. The van der Waals surface area contributed by atoms with Crippen LogP contribution < -0.4 is 10.5 Å². The number of nitrogens with two attached hydrogens (primary N) is 1. The molecule has 0 fully saturated rings. The van der Waals surface area contributed by atoms with Gasteiger partial charge in [0.1, 0.15) is 11.6 Å². The second-order valence-electron chi connectivity index (χ2n) is 4.82. The predicted octanol–water partition coefficient (Wildman–Crippen LogP) is 4.26. The van der Waals surface area contributed by atoms with Crippen molar-refractivity contribution in [3.63, 3.8) is 0 Å². The number of methoxy groups -OCH3 is 1. The first-order valence-electron chi connectivity index (χ1n) is 6.29. The van der Waals surface area contributed by atoms with Crippen LogP contribution in [-0.4, -0.2) is 7.11 Å². The van der Waals surface area contributed by atoms with Crippen molar-refractivity contribution in [1.29, 1.82) is 0 Å². The van der Waals surface area contributed by atoms with Crippen LogP contribution in [0.15, 0.2) is 34.8 Å². The van der Waals surface area contributed by atoms with Gasteiger partial charge in [-0.25, -0.2) is 4.39 Å². The Kier molecular flexibility index (Phi) is 4.45. The molecule has 2 rings (SSSR count). The van der Waals surface area contributed by atoms with E-state index in [1.807, 2.05) is 26.0 Å². The third kappa shape index (κ3) is 2.86. The van der Waals surface area contributed by atoms with Gasteiger partial charge in [-0.2, -0.15) is 0 Å². The van der Waals surface area contributed by atoms with Gasteiger partial charge in [0.2, 0.25) is 0 Å². The van der Waals surface area contributed by atoms with Crippen LogP contribution >= 0.6 is 15.9 Å². The van der Waals surface area contributed by atoms with E-state index < -0.39 is 6.04 Å². The van der Waals surface area contributed by atoms with Gasteiger partial charge < -0.3 is 10.5 Å². The van der Waals surface area contributed by atoms with Crippen molar-refractivity contribution in [3.05, 3.63) is 62.9 Å². The summed E-state index contributed by atoms with van der Waals surface area (Å²) in [7, 11) is 1.63. The Bertz CT molecular complexity index is 643. The first-order chi connectivity index (χ1) is 9.43. The number of ether oxygens (including phenoxy) is 1. The minimum absolute atomic E-state index is 0.298. The molecule has 2 N–H and O–H groups in total.